The van der Waals surface area contributed by atoms with Crippen LogP contribution in [0.3, 0.4) is 0 Å². The van der Waals surface area contributed by atoms with Gasteiger partial charge >= 0.3 is 0 Å². The topological polar surface area (TPSA) is 51.5 Å². The largest absolute Gasteiger partial charge is 0.464 e. The van der Waals surface area contributed by atoms with E-state index in [1.807, 2.05) is 38.1 Å². The number of rotatable bonds is 7. The second kappa shape index (κ2) is 8.19. The second-order valence-electron chi connectivity index (χ2n) is 7.81. The van der Waals surface area contributed by atoms with E-state index >= 15 is 0 Å². The lowest BCUT2D eigenvalue weighted by atomic mass is 10.0. The highest BCUT2D eigenvalue weighted by Crippen LogP contribution is 2.30. The highest BCUT2D eigenvalue weighted by atomic mass is 16.5. The van der Waals surface area contributed by atoms with E-state index in [1.165, 1.54) is 17.5 Å². The summed E-state index contributed by atoms with van der Waals surface area (Å²) in [5, 5.41) is 4.12. The van der Waals surface area contributed by atoms with Crippen molar-refractivity contribution in [3.8, 4) is 0 Å². The molecule has 1 aromatic heterocycles. The molecule has 0 atom stereocenters. The molecule has 146 valence electrons. The summed E-state index contributed by atoms with van der Waals surface area (Å²) in [7, 11) is 0. The molecule has 28 heavy (non-hydrogen) atoms. The van der Waals surface area contributed by atoms with Crippen LogP contribution in [-0.4, -0.2) is 12.0 Å². The zero-order valence-electron chi connectivity index (χ0n) is 16.6. The Morgan fingerprint density at radius 3 is 2.64 bits per heavy atom. The third-order valence-electron chi connectivity index (χ3n) is 5.39. The van der Waals surface area contributed by atoms with Crippen LogP contribution in [-0.2, 0) is 41.9 Å². The molecule has 0 spiro atoms. The number of carbonyl (C=O) groups excluding carboxylic acids is 1. The molecule has 3 aromatic rings. The van der Waals surface area contributed by atoms with Gasteiger partial charge in [0.1, 0.15) is 5.58 Å². The van der Waals surface area contributed by atoms with Gasteiger partial charge in [-0.05, 0) is 67.5 Å². The maximum Gasteiger partial charge on any atom is 0.224 e. The smallest absolute Gasteiger partial charge is 0.224 e. The molecule has 1 N–H and O–H groups in total. The first-order valence-corrected chi connectivity index (χ1v) is 10.1. The highest BCUT2D eigenvalue weighted by molar-refractivity contribution is 5.88. The van der Waals surface area contributed by atoms with Gasteiger partial charge < -0.3 is 14.5 Å². The second-order valence-corrected chi connectivity index (χ2v) is 7.81. The Bertz CT molecular complexity index is 987. The fourth-order valence-corrected chi connectivity index (χ4v) is 3.84. The summed E-state index contributed by atoms with van der Waals surface area (Å²) < 4.78 is 11.4. The summed E-state index contributed by atoms with van der Waals surface area (Å²) in [6.45, 7) is 5.10. The first-order valence-electron chi connectivity index (χ1n) is 10.1. The average molecular weight is 377 g/mol. The van der Waals surface area contributed by atoms with E-state index in [0.717, 1.165) is 40.5 Å². The lowest BCUT2D eigenvalue weighted by Crippen LogP contribution is -2.25. The maximum atomic E-state index is 12.6. The molecule has 0 bridgehead atoms. The molecule has 1 amide bonds. The van der Waals surface area contributed by atoms with Gasteiger partial charge in [-0.15, -0.1) is 0 Å². The Hall–Kier alpha value is -2.59. The van der Waals surface area contributed by atoms with Crippen molar-refractivity contribution >= 4 is 16.9 Å². The van der Waals surface area contributed by atoms with Gasteiger partial charge in [-0.25, -0.2) is 0 Å². The number of fused-ring (bicyclic) bond motifs is 2. The number of hydrogen-bond acceptors (Lipinski definition) is 3. The molecule has 4 nitrogen and oxygen atoms in total. The van der Waals surface area contributed by atoms with Crippen LogP contribution in [0.1, 0.15) is 48.1 Å². The molecule has 0 radical (unpaired) electrons. The van der Waals surface area contributed by atoms with Crippen LogP contribution in [0.2, 0.25) is 0 Å². The highest BCUT2D eigenvalue weighted by Gasteiger charge is 2.17. The molecule has 1 aliphatic rings. The molecule has 0 saturated heterocycles. The van der Waals surface area contributed by atoms with Gasteiger partial charge in [-0.2, -0.15) is 0 Å². The van der Waals surface area contributed by atoms with Crippen molar-refractivity contribution in [3.05, 3.63) is 70.5 Å². The van der Waals surface area contributed by atoms with Crippen LogP contribution >= 0.6 is 0 Å². The number of hydrogen-bond donors (Lipinski definition) is 1. The normalized spacial score (nSPS) is 13.2. The van der Waals surface area contributed by atoms with E-state index in [9.17, 15) is 4.79 Å². The number of ether oxygens (including phenoxy) is 1. The molecule has 4 rings (SSSR count). The minimum absolute atomic E-state index is 0.00257. The van der Waals surface area contributed by atoms with Gasteiger partial charge in [0.2, 0.25) is 5.91 Å². The monoisotopic (exact) mass is 377 g/mol. The Morgan fingerprint density at radius 1 is 1.11 bits per heavy atom. The van der Waals surface area contributed by atoms with Gasteiger partial charge in [0.05, 0.1) is 25.4 Å². The van der Waals surface area contributed by atoms with Gasteiger partial charge in [0.25, 0.3) is 0 Å². The summed E-state index contributed by atoms with van der Waals surface area (Å²) in [6, 6.07) is 12.4. The van der Waals surface area contributed by atoms with Gasteiger partial charge in [0.15, 0.2) is 0 Å². The fourth-order valence-electron chi connectivity index (χ4n) is 3.84. The van der Waals surface area contributed by atoms with E-state index in [-0.39, 0.29) is 12.0 Å². The molecular weight excluding hydrogens is 350 g/mol. The van der Waals surface area contributed by atoms with Crippen molar-refractivity contribution in [2.45, 2.75) is 58.8 Å². The summed E-state index contributed by atoms with van der Waals surface area (Å²) in [4.78, 5) is 12.6. The number of nitrogens with one attached hydrogen (secondary N) is 1. The summed E-state index contributed by atoms with van der Waals surface area (Å²) in [5.74, 6) is 0.00257. The molecule has 0 unspecified atom stereocenters. The third kappa shape index (κ3) is 4.12. The molecule has 4 heteroatoms. The van der Waals surface area contributed by atoms with Crippen molar-refractivity contribution in [2.75, 3.05) is 0 Å². The summed E-state index contributed by atoms with van der Waals surface area (Å²) >= 11 is 0. The van der Waals surface area contributed by atoms with Crippen molar-refractivity contribution in [1.82, 2.24) is 5.32 Å². The van der Waals surface area contributed by atoms with Crippen molar-refractivity contribution in [2.24, 2.45) is 0 Å². The van der Waals surface area contributed by atoms with Gasteiger partial charge in [-0.1, -0.05) is 24.3 Å². The van der Waals surface area contributed by atoms with E-state index in [2.05, 4.69) is 17.4 Å². The maximum absolute atomic E-state index is 12.6. The van der Waals surface area contributed by atoms with Crippen LogP contribution in [0, 0.1) is 0 Å². The first-order chi connectivity index (χ1) is 13.6. The minimum atomic E-state index is 0.00257. The predicted molar refractivity (Wildman–Crippen MR) is 110 cm³/mol. The van der Waals surface area contributed by atoms with Crippen LogP contribution in [0.15, 0.2) is 47.1 Å². The van der Waals surface area contributed by atoms with E-state index in [0.29, 0.717) is 19.6 Å². The third-order valence-corrected chi connectivity index (χ3v) is 5.39. The Morgan fingerprint density at radius 2 is 1.86 bits per heavy atom. The average Bonchev–Trinajstić information content (AvgIpc) is 3.30. The molecule has 1 aliphatic carbocycles. The summed E-state index contributed by atoms with van der Waals surface area (Å²) in [6.07, 6.45) is 5.69. The lowest BCUT2D eigenvalue weighted by molar-refractivity contribution is -0.120. The zero-order chi connectivity index (χ0) is 19.5. The summed E-state index contributed by atoms with van der Waals surface area (Å²) in [5.41, 5.74) is 6.83. The van der Waals surface area contributed by atoms with E-state index < -0.39 is 0 Å². The number of carbonyl (C=O) groups is 1. The van der Waals surface area contributed by atoms with Gasteiger partial charge in [0, 0.05) is 17.5 Å². The van der Waals surface area contributed by atoms with E-state index in [1.54, 1.807) is 6.26 Å². The molecule has 2 aromatic carbocycles. The minimum Gasteiger partial charge on any atom is -0.464 e. The quantitative estimate of drug-likeness (QED) is 0.649. The van der Waals surface area contributed by atoms with Crippen molar-refractivity contribution < 1.29 is 13.9 Å². The molecule has 0 fully saturated rings. The standard InChI is InChI=1S/C24H27NO3/c1-16(2)27-14-20-7-4-3-6-19(20)13-25-24(26)12-21-15-28-23-11-18-9-5-8-17(18)10-22(21)23/h3-4,6-7,10-11,15-16H,5,8-9,12-14H2,1-2H3,(H,25,26). The molecule has 0 saturated carbocycles. The lowest BCUT2D eigenvalue weighted by Gasteiger charge is -2.13. The first kappa shape index (κ1) is 18.8. The number of amides is 1. The number of furan rings is 1. The SMILES string of the molecule is CC(C)OCc1ccccc1CNC(=O)Cc1coc2cc3c(cc12)CCC3. The zero-order valence-corrected chi connectivity index (χ0v) is 16.6. The molecule has 1 heterocycles. The number of aryl methyl sites for hydroxylation is 2. The van der Waals surface area contributed by atoms with Crippen LogP contribution in [0.4, 0.5) is 0 Å². The van der Waals surface area contributed by atoms with Crippen LogP contribution < -0.4 is 5.32 Å². The van der Waals surface area contributed by atoms with Crippen molar-refractivity contribution in [1.29, 1.82) is 0 Å². The Balaban J connectivity index is 1.41. The Labute approximate surface area is 165 Å². The number of benzene rings is 2. The van der Waals surface area contributed by atoms with E-state index in [4.69, 9.17) is 9.15 Å². The molecular formula is C24H27NO3. The van der Waals surface area contributed by atoms with Crippen LogP contribution in [0.5, 0.6) is 0 Å². The van der Waals surface area contributed by atoms with Gasteiger partial charge in [-0.3, -0.25) is 4.79 Å². The predicted octanol–water partition coefficient (Wildman–Crippen LogP) is 4.71. The van der Waals surface area contributed by atoms with Crippen molar-refractivity contribution in [3.63, 3.8) is 0 Å². The van der Waals surface area contributed by atoms with Crippen LogP contribution in [0.25, 0.3) is 11.0 Å². The molecule has 0 aliphatic heterocycles. The fraction of sp³-hybridized carbons (Fsp3) is 0.375. The Kier molecular flexibility index (Phi) is 5.49.